The standard InChI is InChI=1S/C18H18ClF3N2O2/c1-17(2,3)11-4-6-13(7-5-11)23-15(25)10-24-9-12(18(20,21)22)8-14(19)16(24)26/h4-9H,10H2,1-3H3,(H,23,25). The number of carbonyl (C=O) groups is 1. The van der Waals surface area contributed by atoms with Crippen LogP contribution in [0.5, 0.6) is 0 Å². The fourth-order valence-electron chi connectivity index (χ4n) is 2.28. The minimum Gasteiger partial charge on any atom is -0.325 e. The molecule has 0 fully saturated rings. The minimum atomic E-state index is -4.67. The first-order valence-corrected chi connectivity index (χ1v) is 8.13. The van der Waals surface area contributed by atoms with Crippen LogP contribution in [-0.2, 0) is 22.9 Å². The van der Waals surface area contributed by atoms with Crippen molar-refractivity contribution in [1.29, 1.82) is 0 Å². The highest BCUT2D eigenvalue weighted by Gasteiger charge is 2.32. The molecule has 140 valence electrons. The lowest BCUT2D eigenvalue weighted by atomic mass is 9.87. The van der Waals surface area contributed by atoms with Crippen LogP contribution in [0.1, 0.15) is 31.9 Å². The van der Waals surface area contributed by atoms with Crippen LogP contribution in [0.2, 0.25) is 5.02 Å². The Morgan fingerprint density at radius 2 is 1.69 bits per heavy atom. The van der Waals surface area contributed by atoms with E-state index in [2.05, 4.69) is 5.32 Å². The maximum atomic E-state index is 12.8. The Morgan fingerprint density at radius 1 is 1.12 bits per heavy atom. The quantitative estimate of drug-likeness (QED) is 0.846. The van der Waals surface area contributed by atoms with Crippen LogP contribution in [0.15, 0.2) is 41.3 Å². The lowest BCUT2D eigenvalue weighted by Gasteiger charge is -2.19. The van der Waals surface area contributed by atoms with Crippen molar-refractivity contribution in [1.82, 2.24) is 4.57 Å². The topological polar surface area (TPSA) is 51.1 Å². The Morgan fingerprint density at radius 3 is 2.19 bits per heavy atom. The summed E-state index contributed by atoms with van der Waals surface area (Å²) >= 11 is 5.56. The smallest absolute Gasteiger partial charge is 0.325 e. The van der Waals surface area contributed by atoms with Crippen molar-refractivity contribution in [3.8, 4) is 0 Å². The molecule has 0 aliphatic heterocycles. The van der Waals surface area contributed by atoms with Gasteiger partial charge in [0, 0.05) is 11.9 Å². The SMILES string of the molecule is CC(C)(C)c1ccc(NC(=O)Cn2cc(C(F)(F)F)cc(Cl)c2=O)cc1. The molecule has 2 rings (SSSR count). The molecular weight excluding hydrogens is 369 g/mol. The molecule has 1 N–H and O–H groups in total. The average Bonchev–Trinajstić information content (AvgIpc) is 2.50. The van der Waals surface area contributed by atoms with Crippen LogP contribution < -0.4 is 10.9 Å². The molecule has 2 aromatic rings. The molecule has 0 bridgehead atoms. The molecule has 0 radical (unpaired) electrons. The average molecular weight is 387 g/mol. The molecule has 0 aliphatic carbocycles. The Balaban J connectivity index is 2.18. The van der Waals surface area contributed by atoms with E-state index in [1.807, 2.05) is 32.9 Å². The first-order valence-electron chi connectivity index (χ1n) is 7.75. The van der Waals surface area contributed by atoms with Crippen LogP contribution in [0.3, 0.4) is 0 Å². The molecule has 0 saturated heterocycles. The Labute approximate surface area is 153 Å². The van der Waals surface area contributed by atoms with Gasteiger partial charge >= 0.3 is 6.18 Å². The highest BCUT2D eigenvalue weighted by Crippen LogP contribution is 2.29. The van der Waals surface area contributed by atoms with Crippen molar-refractivity contribution in [2.45, 2.75) is 38.9 Å². The fraction of sp³-hybridized carbons (Fsp3) is 0.333. The van der Waals surface area contributed by atoms with Gasteiger partial charge in [0.1, 0.15) is 11.6 Å². The normalized spacial score (nSPS) is 12.1. The van der Waals surface area contributed by atoms with Crippen LogP contribution in [-0.4, -0.2) is 10.5 Å². The molecule has 4 nitrogen and oxygen atoms in total. The number of alkyl halides is 3. The van der Waals surface area contributed by atoms with Gasteiger partial charge in [-0.3, -0.25) is 9.59 Å². The molecule has 8 heteroatoms. The molecule has 0 unspecified atom stereocenters. The van der Waals surface area contributed by atoms with Gasteiger partial charge in [0.25, 0.3) is 5.56 Å². The molecule has 1 aromatic carbocycles. The Kier molecular flexibility index (Phi) is 5.51. The number of nitrogens with one attached hydrogen (secondary N) is 1. The summed E-state index contributed by atoms with van der Waals surface area (Å²) in [6, 6.07) is 7.64. The number of hydrogen-bond donors (Lipinski definition) is 1. The molecule has 26 heavy (non-hydrogen) atoms. The summed E-state index contributed by atoms with van der Waals surface area (Å²) in [5.41, 5.74) is -0.460. The first-order chi connectivity index (χ1) is 11.9. The third kappa shape index (κ3) is 4.88. The van der Waals surface area contributed by atoms with Crippen molar-refractivity contribution >= 4 is 23.2 Å². The van der Waals surface area contributed by atoms with Gasteiger partial charge in [0.2, 0.25) is 5.91 Å². The Bertz CT molecular complexity index is 866. The van der Waals surface area contributed by atoms with Crippen molar-refractivity contribution in [3.63, 3.8) is 0 Å². The minimum absolute atomic E-state index is 0.0510. The number of pyridine rings is 1. The number of aromatic nitrogens is 1. The summed E-state index contributed by atoms with van der Waals surface area (Å²) in [4.78, 5) is 24.0. The van der Waals surface area contributed by atoms with Gasteiger partial charge in [-0.1, -0.05) is 44.5 Å². The van der Waals surface area contributed by atoms with Gasteiger partial charge in [-0.2, -0.15) is 13.2 Å². The zero-order valence-electron chi connectivity index (χ0n) is 14.4. The predicted octanol–water partition coefficient (Wildman–Crippen LogP) is 4.46. The lowest BCUT2D eigenvalue weighted by molar-refractivity contribution is -0.138. The monoisotopic (exact) mass is 386 g/mol. The molecule has 1 aromatic heterocycles. The summed E-state index contributed by atoms with van der Waals surface area (Å²) in [5.74, 6) is -0.633. The van der Waals surface area contributed by atoms with Crippen LogP contribution in [0.25, 0.3) is 0 Å². The number of anilines is 1. The zero-order valence-corrected chi connectivity index (χ0v) is 15.2. The number of benzene rings is 1. The van der Waals surface area contributed by atoms with Gasteiger partial charge in [0.15, 0.2) is 0 Å². The second-order valence-electron chi connectivity index (χ2n) is 6.88. The number of amides is 1. The fourth-order valence-corrected chi connectivity index (χ4v) is 2.51. The summed E-state index contributed by atoms with van der Waals surface area (Å²) < 4.78 is 39.1. The van der Waals surface area contributed by atoms with E-state index in [0.717, 1.165) is 5.56 Å². The van der Waals surface area contributed by atoms with Gasteiger partial charge < -0.3 is 9.88 Å². The highest BCUT2D eigenvalue weighted by molar-refractivity contribution is 6.30. The van der Waals surface area contributed by atoms with Crippen LogP contribution >= 0.6 is 11.6 Å². The third-order valence-corrected chi connectivity index (χ3v) is 3.99. The van der Waals surface area contributed by atoms with Gasteiger partial charge in [-0.05, 0) is 29.2 Å². The van der Waals surface area contributed by atoms with Crippen molar-refractivity contribution in [2.24, 2.45) is 0 Å². The summed E-state index contributed by atoms with van der Waals surface area (Å²) in [7, 11) is 0. The number of rotatable bonds is 3. The van der Waals surface area contributed by atoms with Crippen molar-refractivity contribution in [3.05, 3.63) is 63.0 Å². The van der Waals surface area contributed by atoms with E-state index in [4.69, 9.17) is 11.6 Å². The van der Waals surface area contributed by atoms with Crippen molar-refractivity contribution < 1.29 is 18.0 Å². The number of hydrogen-bond acceptors (Lipinski definition) is 2. The van der Waals surface area contributed by atoms with Crippen LogP contribution in [0.4, 0.5) is 18.9 Å². The van der Waals surface area contributed by atoms with E-state index in [1.165, 1.54) is 0 Å². The summed E-state index contributed by atoms with van der Waals surface area (Å²) in [6.45, 7) is 5.56. The number of halogens is 4. The Hall–Kier alpha value is -2.28. The van der Waals surface area contributed by atoms with E-state index >= 15 is 0 Å². The maximum absolute atomic E-state index is 12.8. The number of nitrogens with zero attached hydrogens (tertiary/aromatic N) is 1. The maximum Gasteiger partial charge on any atom is 0.417 e. The molecule has 1 amide bonds. The molecule has 0 aliphatic rings. The van der Waals surface area contributed by atoms with Gasteiger partial charge in [0.05, 0.1) is 5.56 Å². The molecule has 0 spiro atoms. The third-order valence-electron chi connectivity index (χ3n) is 3.72. The molecule has 1 heterocycles. The lowest BCUT2D eigenvalue weighted by Crippen LogP contribution is -2.29. The van der Waals surface area contributed by atoms with E-state index in [-0.39, 0.29) is 5.41 Å². The van der Waals surface area contributed by atoms with E-state index < -0.39 is 34.8 Å². The number of carbonyl (C=O) groups excluding carboxylic acids is 1. The second kappa shape index (κ2) is 7.15. The first kappa shape index (κ1) is 20.0. The highest BCUT2D eigenvalue weighted by atomic mass is 35.5. The molecule has 0 atom stereocenters. The largest absolute Gasteiger partial charge is 0.417 e. The van der Waals surface area contributed by atoms with Gasteiger partial charge in [-0.15, -0.1) is 0 Å². The summed E-state index contributed by atoms with van der Waals surface area (Å²) in [6.07, 6.45) is -4.09. The molecule has 0 saturated carbocycles. The zero-order chi connectivity index (χ0) is 19.7. The van der Waals surface area contributed by atoms with Crippen LogP contribution in [0, 0.1) is 0 Å². The second-order valence-corrected chi connectivity index (χ2v) is 7.29. The predicted molar refractivity (Wildman–Crippen MR) is 94.5 cm³/mol. The van der Waals surface area contributed by atoms with Crippen molar-refractivity contribution in [2.75, 3.05) is 5.32 Å². The molecular formula is C18H18ClF3N2O2. The summed E-state index contributed by atoms with van der Waals surface area (Å²) in [5, 5.41) is 1.96. The van der Waals surface area contributed by atoms with E-state index in [9.17, 15) is 22.8 Å². The van der Waals surface area contributed by atoms with Gasteiger partial charge in [-0.25, -0.2) is 0 Å². The van der Waals surface area contributed by atoms with E-state index in [0.29, 0.717) is 22.5 Å². The van der Waals surface area contributed by atoms with E-state index in [1.54, 1.807) is 12.1 Å².